The van der Waals surface area contributed by atoms with E-state index in [1.54, 1.807) is 24.3 Å². The lowest BCUT2D eigenvalue weighted by atomic mass is 9.86. The maximum Gasteiger partial charge on any atom is 0.251 e. The second-order valence-corrected chi connectivity index (χ2v) is 15.2. The van der Waals surface area contributed by atoms with E-state index >= 15 is 0 Å². The predicted octanol–water partition coefficient (Wildman–Crippen LogP) is 6.07. The van der Waals surface area contributed by atoms with Crippen LogP contribution in [0.5, 0.6) is 0 Å². The maximum absolute atomic E-state index is 12.2. The molecule has 1 aromatic carbocycles. The van der Waals surface area contributed by atoms with Gasteiger partial charge in [-0.05, 0) is 91.4 Å². The van der Waals surface area contributed by atoms with Crippen molar-refractivity contribution < 1.29 is 9.59 Å². The van der Waals surface area contributed by atoms with Crippen LogP contribution < -0.4 is 16.0 Å². The van der Waals surface area contributed by atoms with Crippen molar-refractivity contribution in [2.45, 2.75) is 120 Å². The van der Waals surface area contributed by atoms with Crippen LogP contribution in [0.3, 0.4) is 0 Å². The first-order valence-corrected chi connectivity index (χ1v) is 15.0. The molecule has 41 heavy (non-hydrogen) atoms. The Balaban J connectivity index is 0.000000422. The number of rotatable bonds is 11. The van der Waals surface area contributed by atoms with Crippen molar-refractivity contribution in [2.75, 3.05) is 19.6 Å². The van der Waals surface area contributed by atoms with E-state index in [9.17, 15) is 9.59 Å². The van der Waals surface area contributed by atoms with Crippen molar-refractivity contribution in [3.8, 4) is 0 Å². The fourth-order valence-corrected chi connectivity index (χ4v) is 3.84. The van der Waals surface area contributed by atoms with Gasteiger partial charge in [-0.3, -0.25) is 14.3 Å². The van der Waals surface area contributed by atoms with E-state index in [1.165, 1.54) is 0 Å². The third-order valence-electron chi connectivity index (χ3n) is 5.90. The van der Waals surface area contributed by atoms with Crippen molar-refractivity contribution in [3.63, 3.8) is 0 Å². The molecule has 0 saturated heterocycles. The van der Waals surface area contributed by atoms with Crippen molar-refractivity contribution in [2.24, 2.45) is 10.8 Å². The molecule has 1 heterocycles. The summed E-state index contributed by atoms with van der Waals surface area (Å²) in [5.41, 5.74) is 2.46. The molecule has 0 aliphatic heterocycles. The van der Waals surface area contributed by atoms with Crippen LogP contribution in [-0.4, -0.2) is 57.4 Å². The molecular weight excluding hydrogens is 512 g/mol. The molecule has 0 bridgehead atoms. The Bertz CT molecular complexity index is 1060. The zero-order valence-electron chi connectivity index (χ0n) is 28.0. The minimum Gasteiger partial charge on any atom is -0.352 e. The van der Waals surface area contributed by atoms with Crippen LogP contribution in [0.2, 0.25) is 0 Å². The third-order valence-corrected chi connectivity index (χ3v) is 5.90. The number of aryl methyl sites for hydroxylation is 1. The zero-order chi connectivity index (χ0) is 31.5. The largest absolute Gasteiger partial charge is 0.352 e. The van der Waals surface area contributed by atoms with Gasteiger partial charge in [0.25, 0.3) is 5.91 Å². The van der Waals surface area contributed by atoms with Crippen LogP contribution in [0, 0.1) is 10.8 Å². The quantitative estimate of drug-likeness (QED) is 0.224. The SMILES string of the molecule is CC(C)(C)Cc1cn(CCCNC(C)(C)C)nn1.CC(C)(C)NCCCNC(=O)c1ccc(C(=O)C(C)(C)C)cc1. The number of hydrogen-bond donors (Lipinski definition) is 3. The Morgan fingerprint density at radius 1 is 0.732 bits per heavy atom. The number of carbonyl (C=O) groups is 2. The maximum atomic E-state index is 12.2. The van der Waals surface area contributed by atoms with Crippen LogP contribution in [0.15, 0.2) is 30.5 Å². The van der Waals surface area contributed by atoms with Gasteiger partial charge in [-0.15, -0.1) is 5.10 Å². The molecule has 0 fully saturated rings. The molecule has 0 aliphatic rings. The number of amides is 1. The van der Waals surface area contributed by atoms with Gasteiger partial charge in [-0.1, -0.05) is 58.9 Å². The van der Waals surface area contributed by atoms with Gasteiger partial charge in [0.15, 0.2) is 5.78 Å². The number of hydrogen-bond acceptors (Lipinski definition) is 6. The molecule has 1 aromatic heterocycles. The smallest absolute Gasteiger partial charge is 0.251 e. The van der Waals surface area contributed by atoms with Gasteiger partial charge >= 0.3 is 0 Å². The van der Waals surface area contributed by atoms with Crippen LogP contribution >= 0.6 is 0 Å². The summed E-state index contributed by atoms with van der Waals surface area (Å²) >= 11 is 0. The average Bonchev–Trinajstić information content (AvgIpc) is 3.25. The second kappa shape index (κ2) is 15.6. The molecule has 3 N–H and O–H groups in total. The number of aromatic nitrogens is 3. The minimum atomic E-state index is -0.413. The average molecular weight is 571 g/mol. The van der Waals surface area contributed by atoms with Crippen LogP contribution in [0.1, 0.15) is 122 Å². The van der Waals surface area contributed by atoms with E-state index in [4.69, 9.17) is 0 Å². The molecular formula is C33H58N6O2. The Labute approximate surface area is 249 Å². The molecule has 0 aliphatic carbocycles. The van der Waals surface area contributed by atoms with Crippen LogP contribution in [-0.2, 0) is 13.0 Å². The van der Waals surface area contributed by atoms with E-state index in [2.05, 4.69) is 94.8 Å². The summed E-state index contributed by atoms with van der Waals surface area (Å²) < 4.78 is 1.95. The highest BCUT2D eigenvalue weighted by atomic mass is 16.1. The van der Waals surface area contributed by atoms with E-state index in [-0.39, 0.29) is 28.2 Å². The minimum absolute atomic E-state index is 0.0812. The molecule has 0 radical (unpaired) electrons. The highest BCUT2D eigenvalue weighted by Crippen LogP contribution is 2.21. The van der Waals surface area contributed by atoms with Crippen LogP contribution in [0.4, 0.5) is 0 Å². The van der Waals surface area contributed by atoms with Gasteiger partial charge in [0.05, 0.1) is 5.69 Å². The summed E-state index contributed by atoms with van der Waals surface area (Å²) in [6, 6.07) is 6.87. The van der Waals surface area contributed by atoms with E-state index in [0.29, 0.717) is 17.7 Å². The fourth-order valence-electron chi connectivity index (χ4n) is 3.84. The topological polar surface area (TPSA) is 101 Å². The van der Waals surface area contributed by atoms with Gasteiger partial charge in [-0.25, -0.2) is 0 Å². The summed E-state index contributed by atoms with van der Waals surface area (Å²) in [5.74, 6) is -0.0202. The number of carbonyl (C=O) groups excluding carboxylic acids is 2. The summed E-state index contributed by atoms with van der Waals surface area (Å²) in [6.45, 7) is 28.7. The van der Waals surface area contributed by atoms with Gasteiger partial charge in [-0.2, -0.15) is 0 Å². The molecule has 2 rings (SSSR count). The lowest BCUT2D eigenvalue weighted by Crippen LogP contribution is -2.37. The van der Waals surface area contributed by atoms with Crippen molar-refractivity contribution in [1.82, 2.24) is 30.9 Å². The lowest BCUT2D eigenvalue weighted by Gasteiger charge is -2.20. The van der Waals surface area contributed by atoms with E-state index in [0.717, 1.165) is 44.6 Å². The molecule has 0 atom stereocenters. The number of benzene rings is 1. The Morgan fingerprint density at radius 3 is 1.73 bits per heavy atom. The fraction of sp³-hybridized carbons (Fsp3) is 0.697. The standard InChI is InChI=1S/C19H30N2O2.C14H28N4/c1-18(2,3)16(22)14-8-10-15(11-9-14)17(23)20-12-7-13-21-19(4,5)6;1-13(2,3)10-12-11-18(17-16-12)9-7-8-15-14(4,5)6/h8-11,21H,7,12-13H2,1-6H3,(H,20,23);11,15H,7-10H2,1-6H3. The van der Waals surface area contributed by atoms with Gasteiger partial charge in [0, 0.05) is 46.9 Å². The molecule has 0 saturated carbocycles. The second-order valence-electron chi connectivity index (χ2n) is 15.2. The summed E-state index contributed by atoms with van der Waals surface area (Å²) in [7, 11) is 0. The lowest BCUT2D eigenvalue weighted by molar-refractivity contribution is 0.0857. The molecule has 8 heteroatoms. The van der Waals surface area contributed by atoms with E-state index in [1.807, 2.05) is 25.5 Å². The highest BCUT2D eigenvalue weighted by Gasteiger charge is 2.23. The monoisotopic (exact) mass is 570 g/mol. The highest BCUT2D eigenvalue weighted by molar-refractivity contribution is 6.01. The molecule has 1 amide bonds. The first-order valence-electron chi connectivity index (χ1n) is 15.0. The first kappa shape index (κ1) is 36.4. The Morgan fingerprint density at radius 2 is 1.24 bits per heavy atom. The van der Waals surface area contributed by atoms with Gasteiger partial charge < -0.3 is 16.0 Å². The molecule has 2 aromatic rings. The van der Waals surface area contributed by atoms with Crippen molar-refractivity contribution >= 4 is 11.7 Å². The van der Waals surface area contributed by atoms with Crippen LogP contribution in [0.25, 0.3) is 0 Å². The van der Waals surface area contributed by atoms with E-state index < -0.39 is 5.41 Å². The van der Waals surface area contributed by atoms with Crippen molar-refractivity contribution in [3.05, 3.63) is 47.3 Å². The number of ketones is 1. The molecule has 232 valence electrons. The number of Topliss-reactive ketones (excluding diaryl/α,β-unsaturated/α-hetero) is 1. The summed E-state index contributed by atoms with van der Waals surface area (Å²) in [4.78, 5) is 24.2. The van der Waals surface area contributed by atoms with Gasteiger partial charge in [0.2, 0.25) is 0 Å². The molecule has 8 nitrogen and oxygen atoms in total. The normalized spacial score (nSPS) is 12.5. The predicted molar refractivity (Wildman–Crippen MR) is 170 cm³/mol. The van der Waals surface area contributed by atoms with Gasteiger partial charge in [0.1, 0.15) is 0 Å². The molecule has 0 spiro atoms. The number of nitrogens with zero attached hydrogens (tertiary/aromatic N) is 3. The Kier molecular flexibility index (Phi) is 13.9. The zero-order valence-corrected chi connectivity index (χ0v) is 28.0. The molecule has 0 unspecified atom stereocenters. The summed E-state index contributed by atoms with van der Waals surface area (Å²) in [6.07, 6.45) is 5.01. The van der Waals surface area contributed by atoms with Crippen molar-refractivity contribution in [1.29, 1.82) is 0 Å². The summed E-state index contributed by atoms with van der Waals surface area (Å²) in [5, 5.41) is 18.2. The first-order chi connectivity index (χ1) is 18.7. The Hall–Kier alpha value is -2.58. The third kappa shape index (κ3) is 17.1. The number of nitrogens with one attached hydrogen (secondary N) is 3.